The van der Waals surface area contributed by atoms with E-state index in [1.807, 2.05) is 6.92 Å². The molecule has 1 aromatic carbocycles. The molecule has 0 saturated carbocycles. The van der Waals surface area contributed by atoms with Gasteiger partial charge < -0.3 is 10.2 Å². The molecule has 1 rings (SSSR count). The van der Waals surface area contributed by atoms with Gasteiger partial charge in [-0.05, 0) is 30.0 Å². The first-order chi connectivity index (χ1) is 9.88. The molecule has 118 valence electrons. The Morgan fingerprint density at radius 2 is 1.90 bits per heavy atom. The molecule has 1 aromatic rings. The Hall–Kier alpha value is -1.44. The molecule has 7 heteroatoms. The van der Waals surface area contributed by atoms with Gasteiger partial charge in [-0.1, -0.05) is 25.5 Å². The van der Waals surface area contributed by atoms with Gasteiger partial charge in [0, 0.05) is 13.2 Å². The number of aliphatic hydroxyl groups excluding tert-OH is 1. The van der Waals surface area contributed by atoms with Gasteiger partial charge >= 0.3 is 5.97 Å². The van der Waals surface area contributed by atoms with E-state index in [-0.39, 0.29) is 23.8 Å². The predicted octanol–water partition coefficient (Wildman–Crippen LogP) is 1.21. The van der Waals surface area contributed by atoms with Crippen molar-refractivity contribution in [3.8, 4) is 0 Å². The fraction of sp³-hybridized carbons (Fsp3) is 0.500. The van der Waals surface area contributed by atoms with Crippen molar-refractivity contribution in [3.05, 3.63) is 35.4 Å². The Kier molecular flexibility index (Phi) is 6.80. The van der Waals surface area contributed by atoms with Gasteiger partial charge in [-0.2, -0.15) is 0 Å². The molecule has 0 heterocycles. The van der Waals surface area contributed by atoms with Crippen molar-refractivity contribution in [2.45, 2.75) is 25.5 Å². The van der Waals surface area contributed by atoms with E-state index < -0.39 is 16.0 Å². The van der Waals surface area contributed by atoms with Crippen LogP contribution in [0.1, 0.15) is 35.7 Å². The van der Waals surface area contributed by atoms with E-state index >= 15 is 0 Å². The van der Waals surface area contributed by atoms with Crippen LogP contribution < -0.4 is 4.72 Å². The molecule has 0 amide bonds. The Balaban J connectivity index is 2.61. The second-order valence-electron chi connectivity index (χ2n) is 4.90. The van der Waals surface area contributed by atoms with E-state index in [0.29, 0.717) is 18.5 Å². The summed E-state index contributed by atoms with van der Waals surface area (Å²) in [5.41, 5.74) is 0.654. The molecule has 1 atom stereocenters. The van der Waals surface area contributed by atoms with E-state index in [2.05, 4.69) is 4.72 Å². The number of carbonyl (C=O) groups is 1. The zero-order valence-corrected chi connectivity index (χ0v) is 12.8. The van der Waals surface area contributed by atoms with Crippen molar-refractivity contribution in [1.82, 2.24) is 4.72 Å². The van der Waals surface area contributed by atoms with Crippen LogP contribution in [0.2, 0.25) is 0 Å². The lowest BCUT2D eigenvalue weighted by molar-refractivity contribution is 0.0697. The smallest absolute Gasteiger partial charge is 0.335 e. The highest BCUT2D eigenvalue weighted by Crippen LogP contribution is 2.10. The minimum Gasteiger partial charge on any atom is -0.478 e. The highest BCUT2D eigenvalue weighted by atomic mass is 32.2. The van der Waals surface area contributed by atoms with Crippen LogP contribution in [0.15, 0.2) is 24.3 Å². The lowest BCUT2D eigenvalue weighted by Gasteiger charge is -2.14. The molecule has 0 aliphatic heterocycles. The molecule has 0 spiro atoms. The standard InChI is InChI=1S/C14H21NO5S/c1-2-11(7-8-16)9-15-21(19,20)10-12-3-5-13(6-4-12)14(17)18/h3-6,11,15-16H,2,7-10H2,1H3,(H,17,18). The molecule has 0 radical (unpaired) electrons. The molecule has 0 aliphatic carbocycles. The normalized spacial score (nSPS) is 13.0. The molecule has 1 unspecified atom stereocenters. The van der Waals surface area contributed by atoms with Crippen LogP contribution in [0.4, 0.5) is 0 Å². The number of aromatic carboxylic acids is 1. The topological polar surface area (TPSA) is 104 Å². The van der Waals surface area contributed by atoms with Crippen LogP contribution in [0, 0.1) is 5.92 Å². The number of carboxylic acid groups (broad SMARTS) is 1. The zero-order valence-electron chi connectivity index (χ0n) is 11.9. The average molecular weight is 315 g/mol. The quantitative estimate of drug-likeness (QED) is 0.635. The molecular formula is C14H21NO5S. The molecule has 0 bridgehead atoms. The number of sulfonamides is 1. The number of benzene rings is 1. The Morgan fingerprint density at radius 1 is 1.29 bits per heavy atom. The van der Waals surface area contributed by atoms with Crippen molar-refractivity contribution in [2.24, 2.45) is 5.92 Å². The molecule has 3 N–H and O–H groups in total. The summed E-state index contributed by atoms with van der Waals surface area (Å²) in [4.78, 5) is 10.7. The molecular weight excluding hydrogens is 294 g/mol. The third kappa shape index (κ3) is 6.24. The second kappa shape index (κ2) is 8.11. The highest BCUT2D eigenvalue weighted by molar-refractivity contribution is 7.88. The molecule has 0 fully saturated rings. The lowest BCUT2D eigenvalue weighted by atomic mass is 10.0. The van der Waals surface area contributed by atoms with Crippen LogP contribution in [-0.2, 0) is 15.8 Å². The van der Waals surface area contributed by atoms with E-state index in [1.165, 1.54) is 24.3 Å². The van der Waals surface area contributed by atoms with Crippen LogP contribution in [0.3, 0.4) is 0 Å². The minimum absolute atomic E-state index is 0.0386. The SMILES string of the molecule is CCC(CCO)CNS(=O)(=O)Cc1ccc(C(=O)O)cc1. The maximum absolute atomic E-state index is 12.0. The maximum Gasteiger partial charge on any atom is 0.335 e. The van der Waals surface area contributed by atoms with Crippen molar-refractivity contribution < 1.29 is 23.4 Å². The van der Waals surface area contributed by atoms with Crippen molar-refractivity contribution in [3.63, 3.8) is 0 Å². The number of carboxylic acids is 1. The molecule has 21 heavy (non-hydrogen) atoms. The van der Waals surface area contributed by atoms with Gasteiger partial charge in [0.05, 0.1) is 11.3 Å². The third-order valence-electron chi connectivity index (χ3n) is 3.26. The summed E-state index contributed by atoms with van der Waals surface area (Å²) in [5, 5.41) is 17.7. The van der Waals surface area contributed by atoms with Gasteiger partial charge in [0.15, 0.2) is 0 Å². The van der Waals surface area contributed by atoms with Crippen LogP contribution in [0.5, 0.6) is 0 Å². The Bertz CT molecular complexity index is 553. The maximum atomic E-state index is 12.0. The summed E-state index contributed by atoms with van der Waals surface area (Å²) in [6.07, 6.45) is 1.35. The van der Waals surface area contributed by atoms with Crippen molar-refractivity contribution in [1.29, 1.82) is 0 Å². The third-order valence-corrected chi connectivity index (χ3v) is 4.58. The predicted molar refractivity (Wildman–Crippen MR) is 79.5 cm³/mol. The monoisotopic (exact) mass is 315 g/mol. The first-order valence-corrected chi connectivity index (χ1v) is 8.43. The van der Waals surface area contributed by atoms with Gasteiger partial charge in [-0.25, -0.2) is 17.9 Å². The van der Waals surface area contributed by atoms with Gasteiger partial charge in [-0.15, -0.1) is 0 Å². The van der Waals surface area contributed by atoms with E-state index in [4.69, 9.17) is 10.2 Å². The first-order valence-electron chi connectivity index (χ1n) is 6.78. The summed E-state index contributed by atoms with van der Waals surface area (Å²) in [6.45, 7) is 2.28. The summed E-state index contributed by atoms with van der Waals surface area (Å²) < 4.78 is 26.4. The number of hydrogen-bond donors (Lipinski definition) is 3. The molecule has 0 saturated heterocycles. The second-order valence-corrected chi connectivity index (χ2v) is 6.70. The van der Waals surface area contributed by atoms with Crippen molar-refractivity contribution in [2.75, 3.05) is 13.2 Å². The summed E-state index contributed by atoms with van der Waals surface area (Å²) in [6, 6.07) is 5.75. The molecule has 0 aromatic heterocycles. The summed E-state index contributed by atoms with van der Waals surface area (Å²) in [7, 11) is -3.47. The van der Waals surface area contributed by atoms with Crippen LogP contribution >= 0.6 is 0 Å². The number of rotatable bonds is 9. The number of aliphatic hydroxyl groups is 1. The summed E-state index contributed by atoms with van der Waals surface area (Å²) in [5.74, 6) is -1.13. The number of nitrogens with one attached hydrogen (secondary N) is 1. The lowest BCUT2D eigenvalue weighted by Crippen LogP contribution is -2.30. The van der Waals surface area contributed by atoms with Gasteiger partial charge in [0.2, 0.25) is 10.0 Å². The van der Waals surface area contributed by atoms with Gasteiger partial charge in [-0.3, -0.25) is 0 Å². The number of hydrogen-bond acceptors (Lipinski definition) is 4. The summed E-state index contributed by atoms with van der Waals surface area (Å²) >= 11 is 0. The van der Waals surface area contributed by atoms with Crippen molar-refractivity contribution >= 4 is 16.0 Å². The highest BCUT2D eigenvalue weighted by Gasteiger charge is 2.14. The first kappa shape index (κ1) is 17.6. The fourth-order valence-corrected chi connectivity index (χ4v) is 3.11. The van der Waals surface area contributed by atoms with E-state index in [9.17, 15) is 13.2 Å². The molecule has 0 aliphatic rings. The van der Waals surface area contributed by atoms with E-state index in [0.717, 1.165) is 6.42 Å². The van der Waals surface area contributed by atoms with Crippen LogP contribution in [0.25, 0.3) is 0 Å². The Labute approximate surface area is 124 Å². The zero-order chi connectivity index (χ0) is 15.9. The average Bonchev–Trinajstić information content (AvgIpc) is 2.43. The fourth-order valence-electron chi connectivity index (χ4n) is 1.89. The van der Waals surface area contributed by atoms with Gasteiger partial charge in [0.1, 0.15) is 0 Å². The van der Waals surface area contributed by atoms with Crippen LogP contribution in [-0.4, -0.2) is 37.8 Å². The minimum atomic E-state index is -3.47. The van der Waals surface area contributed by atoms with E-state index in [1.54, 1.807) is 0 Å². The van der Waals surface area contributed by atoms with Gasteiger partial charge in [0.25, 0.3) is 0 Å². The largest absolute Gasteiger partial charge is 0.478 e. The Morgan fingerprint density at radius 3 is 2.38 bits per heavy atom. The molecule has 6 nitrogen and oxygen atoms in total.